The molecule has 1 aliphatic heterocycles. The van der Waals surface area contributed by atoms with Gasteiger partial charge in [0.25, 0.3) is 5.91 Å². The van der Waals surface area contributed by atoms with Gasteiger partial charge in [-0.05, 0) is 13.0 Å². The van der Waals surface area contributed by atoms with Crippen molar-refractivity contribution in [2.75, 3.05) is 6.54 Å². The molecule has 0 bridgehead atoms. The Morgan fingerprint density at radius 3 is 2.77 bits per heavy atom. The number of rotatable bonds is 3. The fourth-order valence-electron chi connectivity index (χ4n) is 2.64. The van der Waals surface area contributed by atoms with Gasteiger partial charge in [-0.2, -0.15) is 5.10 Å². The largest absolute Gasteiger partial charge is 0.476 e. The fourth-order valence-corrected chi connectivity index (χ4v) is 2.64. The lowest BCUT2D eigenvalue weighted by molar-refractivity contribution is 0.0669. The van der Waals surface area contributed by atoms with Crippen molar-refractivity contribution in [1.82, 2.24) is 14.7 Å². The topological polar surface area (TPSA) is 75.4 Å². The molecule has 2 heterocycles. The summed E-state index contributed by atoms with van der Waals surface area (Å²) in [6, 6.07) is 6.28. The third-order valence-electron chi connectivity index (χ3n) is 3.78. The van der Waals surface area contributed by atoms with Crippen molar-refractivity contribution in [2.45, 2.75) is 20.0 Å². The van der Waals surface area contributed by atoms with E-state index < -0.39 is 5.97 Å². The van der Waals surface area contributed by atoms with E-state index >= 15 is 0 Å². The van der Waals surface area contributed by atoms with Gasteiger partial charge in [0, 0.05) is 24.2 Å². The molecule has 0 spiro atoms. The van der Waals surface area contributed by atoms with Gasteiger partial charge in [-0.25, -0.2) is 9.18 Å². The quantitative estimate of drug-likeness (QED) is 0.936. The highest BCUT2D eigenvalue weighted by molar-refractivity contribution is 5.98. The zero-order valence-corrected chi connectivity index (χ0v) is 11.9. The molecule has 1 amide bonds. The third kappa shape index (κ3) is 2.24. The molecule has 2 aromatic rings. The zero-order valence-electron chi connectivity index (χ0n) is 11.9. The number of benzene rings is 1. The first-order chi connectivity index (χ1) is 10.5. The van der Waals surface area contributed by atoms with Crippen LogP contribution < -0.4 is 0 Å². The number of carboxylic acid groups (broad SMARTS) is 1. The molecule has 0 fully saturated rings. The van der Waals surface area contributed by atoms with Crippen molar-refractivity contribution >= 4 is 11.9 Å². The smallest absolute Gasteiger partial charge is 0.356 e. The Bertz CT molecular complexity index is 769. The summed E-state index contributed by atoms with van der Waals surface area (Å²) in [5, 5.41) is 13.0. The highest BCUT2D eigenvalue weighted by atomic mass is 19.1. The predicted octanol–water partition coefficient (Wildman–Crippen LogP) is 1.68. The molecule has 0 atom stereocenters. The van der Waals surface area contributed by atoms with E-state index in [1.807, 2.05) is 0 Å². The molecule has 0 radical (unpaired) electrons. The molecule has 1 aliphatic rings. The number of hydrogen-bond donors (Lipinski definition) is 1. The van der Waals surface area contributed by atoms with E-state index in [1.165, 1.54) is 15.6 Å². The number of nitrogens with zero attached hydrogens (tertiary/aromatic N) is 3. The zero-order chi connectivity index (χ0) is 15.9. The van der Waals surface area contributed by atoms with Crippen molar-refractivity contribution < 1.29 is 19.1 Å². The van der Waals surface area contributed by atoms with Crippen molar-refractivity contribution in [3.8, 4) is 0 Å². The predicted molar refractivity (Wildman–Crippen MR) is 75.1 cm³/mol. The van der Waals surface area contributed by atoms with Crippen LogP contribution in [0.15, 0.2) is 24.3 Å². The number of carbonyl (C=O) groups excluding carboxylic acids is 1. The molecule has 1 aromatic heterocycles. The molecule has 22 heavy (non-hydrogen) atoms. The molecule has 0 unspecified atom stereocenters. The van der Waals surface area contributed by atoms with Gasteiger partial charge >= 0.3 is 5.97 Å². The van der Waals surface area contributed by atoms with E-state index in [4.69, 9.17) is 5.11 Å². The maximum Gasteiger partial charge on any atom is 0.356 e. The third-order valence-corrected chi connectivity index (χ3v) is 3.78. The van der Waals surface area contributed by atoms with Gasteiger partial charge in [-0.1, -0.05) is 18.2 Å². The van der Waals surface area contributed by atoms with Crippen molar-refractivity contribution in [2.24, 2.45) is 0 Å². The second kappa shape index (κ2) is 5.25. The second-order valence-corrected chi connectivity index (χ2v) is 5.17. The van der Waals surface area contributed by atoms with Crippen LogP contribution in [0.4, 0.5) is 4.39 Å². The van der Waals surface area contributed by atoms with Gasteiger partial charge < -0.3 is 10.0 Å². The second-order valence-electron chi connectivity index (χ2n) is 5.17. The van der Waals surface area contributed by atoms with E-state index in [1.54, 1.807) is 25.1 Å². The molecule has 0 aliphatic carbocycles. The molecule has 6 nitrogen and oxygen atoms in total. The van der Waals surface area contributed by atoms with Crippen LogP contribution in [0.25, 0.3) is 0 Å². The Kier molecular flexibility index (Phi) is 3.40. The first-order valence-electron chi connectivity index (χ1n) is 6.82. The SMILES string of the molecule is Cc1c(C(=O)O)nn2c1C(=O)N(Cc1ccccc1F)CC2. The van der Waals surface area contributed by atoms with Crippen LogP contribution in [-0.4, -0.2) is 38.2 Å². The summed E-state index contributed by atoms with van der Waals surface area (Å²) in [5.74, 6) is -1.85. The number of halogens is 1. The highest BCUT2D eigenvalue weighted by Crippen LogP contribution is 2.21. The van der Waals surface area contributed by atoms with Crippen molar-refractivity contribution in [3.63, 3.8) is 0 Å². The molecule has 1 N–H and O–H groups in total. The van der Waals surface area contributed by atoms with E-state index in [0.29, 0.717) is 24.2 Å². The Labute approximate surface area is 125 Å². The average molecular weight is 303 g/mol. The Balaban J connectivity index is 1.92. The summed E-state index contributed by atoms with van der Waals surface area (Å²) < 4.78 is 15.1. The molecule has 114 valence electrons. The first-order valence-corrected chi connectivity index (χ1v) is 6.82. The molecular weight excluding hydrogens is 289 g/mol. The Morgan fingerprint density at radius 2 is 2.09 bits per heavy atom. The van der Waals surface area contributed by atoms with Gasteiger partial charge in [-0.15, -0.1) is 0 Å². The van der Waals surface area contributed by atoms with Gasteiger partial charge in [0.1, 0.15) is 11.5 Å². The Hall–Kier alpha value is -2.70. The van der Waals surface area contributed by atoms with Crippen LogP contribution in [0.3, 0.4) is 0 Å². The van der Waals surface area contributed by atoms with E-state index in [-0.39, 0.29) is 29.7 Å². The fraction of sp³-hybridized carbons (Fsp3) is 0.267. The minimum absolute atomic E-state index is 0.115. The van der Waals surface area contributed by atoms with Crippen LogP contribution in [0, 0.1) is 12.7 Å². The van der Waals surface area contributed by atoms with E-state index in [0.717, 1.165) is 0 Å². The number of aromatic carboxylic acids is 1. The summed E-state index contributed by atoms with van der Waals surface area (Å²) in [4.78, 5) is 25.2. The normalized spacial score (nSPS) is 14.1. The summed E-state index contributed by atoms with van der Waals surface area (Å²) >= 11 is 0. The van der Waals surface area contributed by atoms with E-state index in [2.05, 4.69) is 5.10 Å². The van der Waals surface area contributed by atoms with E-state index in [9.17, 15) is 14.0 Å². The number of fused-ring (bicyclic) bond motifs is 1. The van der Waals surface area contributed by atoms with Crippen LogP contribution in [-0.2, 0) is 13.1 Å². The minimum atomic E-state index is -1.16. The lowest BCUT2D eigenvalue weighted by Crippen LogP contribution is -2.40. The van der Waals surface area contributed by atoms with Gasteiger partial charge in [0.15, 0.2) is 5.69 Å². The molecule has 1 aromatic carbocycles. The van der Waals surface area contributed by atoms with Gasteiger partial charge in [0.2, 0.25) is 0 Å². The van der Waals surface area contributed by atoms with Crippen LogP contribution >= 0.6 is 0 Å². The number of aromatic nitrogens is 2. The van der Waals surface area contributed by atoms with Crippen LogP contribution in [0.2, 0.25) is 0 Å². The molecule has 0 saturated heterocycles. The Morgan fingerprint density at radius 1 is 1.36 bits per heavy atom. The minimum Gasteiger partial charge on any atom is -0.476 e. The maximum atomic E-state index is 13.7. The van der Waals surface area contributed by atoms with Crippen molar-refractivity contribution in [3.05, 3.63) is 52.6 Å². The molecule has 7 heteroatoms. The molecule has 0 saturated carbocycles. The highest BCUT2D eigenvalue weighted by Gasteiger charge is 2.31. The standard InChI is InChI=1S/C15H14FN3O3/c1-9-12(15(21)22)17-19-7-6-18(14(20)13(9)19)8-10-4-2-3-5-11(10)16/h2-5H,6-8H2,1H3,(H,21,22). The van der Waals surface area contributed by atoms with Gasteiger partial charge in [0.05, 0.1) is 6.54 Å². The average Bonchev–Trinajstić information content (AvgIpc) is 2.82. The lowest BCUT2D eigenvalue weighted by Gasteiger charge is -2.28. The summed E-state index contributed by atoms with van der Waals surface area (Å²) in [7, 11) is 0. The van der Waals surface area contributed by atoms with Crippen LogP contribution in [0.5, 0.6) is 0 Å². The lowest BCUT2D eigenvalue weighted by atomic mass is 10.1. The first kappa shape index (κ1) is 14.2. The number of carboxylic acids is 1. The summed E-state index contributed by atoms with van der Waals surface area (Å²) in [6.45, 7) is 2.47. The monoisotopic (exact) mass is 303 g/mol. The van der Waals surface area contributed by atoms with Gasteiger partial charge in [-0.3, -0.25) is 9.48 Å². The number of hydrogen-bond acceptors (Lipinski definition) is 3. The molecular formula is C15H14FN3O3. The number of amides is 1. The molecule has 3 rings (SSSR count). The maximum absolute atomic E-state index is 13.7. The van der Waals surface area contributed by atoms with Crippen molar-refractivity contribution in [1.29, 1.82) is 0 Å². The summed E-state index contributed by atoms with van der Waals surface area (Å²) in [5.41, 5.74) is 0.923. The number of carbonyl (C=O) groups is 2. The summed E-state index contributed by atoms with van der Waals surface area (Å²) in [6.07, 6.45) is 0. The van der Waals surface area contributed by atoms with Crippen LogP contribution in [0.1, 0.15) is 32.1 Å².